The molecule has 8 heteroatoms. The van der Waals surface area contributed by atoms with Gasteiger partial charge in [-0.3, -0.25) is 0 Å². The van der Waals surface area contributed by atoms with E-state index in [0.29, 0.717) is 51.0 Å². The molecule has 0 bridgehead atoms. The fourth-order valence-corrected chi connectivity index (χ4v) is 2.69. The Hall–Kier alpha value is -1.39. The van der Waals surface area contributed by atoms with Crippen molar-refractivity contribution in [2.24, 2.45) is 0 Å². The summed E-state index contributed by atoms with van der Waals surface area (Å²) in [5.74, 6) is -0.382. The van der Waals surface area contributed by atoms with E-state index in [1.807, 2.05) is 8.57 Å². The number of rotatable bonds is 6. The fourth-order valence-electron chi connectivity index (χ4n) is 1.76. The van der Waals surface area contributed by atoms with Crippen LogP contribution in [-0.4, -0.2) is 64.7 Å². The number of alkyl carbamates (subject to hydrolysis) is 1. The monoisotopic (exact) mass is 513 g/mol. The van der Waals surface area contributed by atoms with E-state index in [0.717, 1.165) is 5.69 Å². The molecule has 7 nitrogen and oxygen atoms in total. The maximum absolute atomic E-state index is 11.8. The van der Waals surface area contributed by atoms with Crippen LogP contribution in [-0.2, 0) is 20.7 Å². The molecule has 0 aliphatic heterocycles. The number of nitrogens with one attached hydrogen (secondary N) is 1. The van der Waals surface area contributed by atoms with Gasteiger partial charge in [0, 0.05) is 0 Å². The van der Waals surface area contributed by atoms with Crippen LogP contribution in [0.2, 0.25) is 0 Å². The molecule has 1 aromatic heterocycles. The van der Waals surface area contributed by atoms with Crippen LogP contribution < -0.4 is 5.32 Å². The number of hydrogen-bond acceptors (Lipinski definition) is 5. The predicted molar refractivity (Wildman–Crippen MR) is 86.0 cm³/mol. The van der Waals surface area contributed by atoms with E-state index in [1.165, 1.54) is 7.11 Å². The van der Waals surface area contributed by atoms with Gasteiger partial charge < -0.3 is 0 Å². The van der Waals surface area contributed by atoms with E-state index in [1.54, 1.807) is 33.2 Å². The quantitative estimate of drug-likeness (QED) is 0.270. The molecule has 0 aliphatic carbocycles. The predicted octanol–water partition coefficient (Wildman–Crippen LogP) is 1.37. The summed E-state index contributed by atoms with van der Waals surface area (Å²) in [6.07, 6.45) is 5.88. The average Bonchev–Trinajstić information content (AvgIpc) is 2.84. The molecular weight excluding hydrogens is 491 g/mol. The summed E-state index contributed by atoms with van der Waals surface area (Å²) in [5, 5.41) is 2.65. The van der Waals surface area contributed by atoms with Gasteiger partial charge in [0.2, 0.25) is 0 Å². The van der Waals surface area contributed by atoms with E-state index in [-0.39, 0.29) is 5.97 Å². The molecule has 0 unspecified atom stereocenters. The molecule has 124 valence electrons. The third kappa shape index (κ3) is 8.14. The van der Waals surface area contributed by atoms with Crippen molar-refractivity contribution < 1.29 is 19.1 Å². The Morgan fingerprint density at radius 2 is 2.13 bits per heavy atom. The van der Waals surface area contributed by atoms with Crippen molar-refractivity contribution in [2.45, 2.75) is 39.2 Å². The Balaban J connectivity index is 2.54. The van der Waals surface area contributed by atoms with Gasteiger partial charge in [0.25, 0.3) is 0 Å². The number of nitrogens with zero attached hydrogens (tertiary/aromatic N) is 2. The second kappa shape index (κ2) is 9.04. The van der Waals surface area contributed by atoms with Crippen LogP contribution in [0.5, 0.6) is 0 Å². The molecule has 1 heterocycles. The van der Waals surface area contributed by atoms with Gasteiger partial charge in [-0.1, -0.05) is 0 Å². The number of imidazole rings is 1. The molecule has 1 amide bonds. The second-order valence-corrected chi connectivity index (χ2v) is 8.25. The third-order valence-electron chi connectivity index (χ3n) is 2.68. The van der Waals surface area contributed by atoms with Crippen molar-refractivity contribution in [3.63, 3.8) is 0 Å². The van der Waals surface area contributed by atoms with Crippen molar-refractivity contribution >= 4 is 38.1 Å². The van der Waals surface area contributed by atoms with Crippen molar-refractivity contribution in [3.05, 3.63) is 29.9 Å². The minimum absolute atomic E-state index is 0.381. The van der Waals surface area contributed by atoms with E-state index < -0.39 is 11.7 Å². The molecule has 1 aromatic rings. The summed E-state index contributed by atoms with van der Waals surface area (Å²) in [6, 6.07) is 0. The van der Waals surface area contributed by atoms with Crippen molar-refractivity contribution in [1.29, 1.82) is 0 Å². The second-order valence-electron chi connectivity index (χ2n) is 5.93. The Morgan fingerprint density at radius 3 is 2.65 bits per heavy atom. The first kappa shape index (κ1) is 19.7. The van der Waals surface area contributed by atoms with Crippen molar-refractivity contribution in [2.75, 3.05) is 13.7 Å². The Morgan fingerprint density at radius 1 is 1.43 bits per heavy atom. The summed E-state index contributed by atoms with van der Waals surface area (Å²) >= 11 is 0.643. The first-order valence-corrected chi connectivity index (χ1v) is 9.24. The maximum atomic E-state index is 11.8. The number of hydrogen-bond donors (Lipinski definition) is 1. The number of methoxy groups -OCH3 is 1. The van der Waals surface area contributed by atoms with Crippen LogP contribution >= 0.6 is 0 Å². The molecule has 23 heavy (non-hydrogen) atoms. The van der Waals surface area contributed by atoms with E-state index in [9.17, 15) is 9.59 Å². The van der Waals surface area contributed by atoms with Crippen LogP contribution in [0.25, 0.3) is 0 Å². The van der Waals surface area contributed by atoms with Crippen LogP contribution in [0.1, 0.15) is 32.9 Å². The molecular formula is C15H22N3O4Tl. The van der Waals surface area contributed by atoms with Gasteiger partial charge in [0.05, 0.1) is 0 Å². The molecule has 0 atom stereocenters. The molecule has 1 N–H and O–H groups in total. The van der Waals surface area contributed by atoms with Gasteiger partial charge in [-0.2, -0.15) is 0 Å². The standard InChI is InChI=1S/C15H23N3O4.Tl/c1-15(2,3)22-14(20)17-7-5-6-11(13(19)21-4)8-12-9-16-10-18-12;/h6,9-10H,5,7-8H2,1-4H3,(H2,16,17,18,20);/q;+1/p-1/b11-6+;. The summed E-state index contributed by atoms with van der Waals surface area (Å²) in [6.45, 7) is 5.79. The Bertz CT molecular complexity index is 576. The molecule has 0 saturated heterocycles. The van der Waals surface area contributed by atoms with Gasteiger partial charge in [-0.05, 0) is 20.8 Å². The van der Waals surface area contributed by atoms with Gasteiger partial charge in [0.1, 0.15) is 0 Å². The summed E-state index contributed by atoms with van der Waals surface area (Å²) < 4.78 is 11.9. The SMILES string of the molecule is COC(=O)/C(=C/CCNC(=O)OC(C)(C)C)Cc1c[n]([Tl])cn1. The molecule has 0 aliphatic rings. The number of aromatic nitrogens is 2. The minimum atomic E-state index is -0.528. The zero-order chi connectivity index (χ0) is 17.5. The number of ether oxygens (including phenoxy) is 2. The molecule has 0 saturated carbocycles. The number of carbonyl (C=O) groups is 2. The zero-order valence-electron chi connectivity index (χ0n) is 14.0. The number of amides is 1. The summed E-state index contributed by atoms with van der Waals surface area (Å²) in [5.41, 5.74) is 0.825. The first-order chi connectivity index (χ1) is 10.7. The molecule has 0 spiro atoms. The Labute approximate surface area is 152 Å². The van der Waals surface area contributed by atoms with Gasteiger partial charge in [-0.15, -0.1) is 0 Å². The number of esters is 1. The van der Waals surface area contributed by atoms with Crippen LogP contribution in [0.3, 0.4) is 0 Å². The van der Waals surface area contributed by atoms with E-state index in [4.69, 9.17) is 9.47 Å². The van der Waals surface area contributed by atoms with E-state index in [2.05, 4.69) is 10.3 Å². The van der Waals surface area contributed by atoms with Crippen molar-refractivity contribution in [3.8, 4) is 0 Å². The molecule has 0 aromatic carbocycles. The molecule has 0 fully saturated rings. The number of carbonyl (C=O) groups excluding carboxylic acids is 2. The normalized spacial score (nSPS) is 11.9. The fraction of sp³-hybridized carbons (Fsp3) is 0.533. The average molecular weight is 513 g/mol. The molecule has 1 rings (SSSR count). The van der Waals surface area contributed by atoms with Crippen LogP contribution in [0.15, 0.2) is 24.2 Å². The van der Waals surface area contributed by atoms with Crippen LogP contribution in [0.4, 0.5) is 4.79 Å². The van der Waals surface area contributed by atoms with Gasteiger partial charge >= 0.3 is 132 Å². The third-order valence-corrected chi connectivity index (χ3v) is 3.78. The Kier molecular flexibility index (Phi) is 7.73. The zero-order valence-corrected chi connectivity index (χ0v) is 18.4. The topological polar surface area (TPSA) is 82.5 Å². The van der Waals surface area contributed by atoms with Crippen molar-refractivity contribution in [1.82, 2.24) is 12.7 Å². The summed E-state index contributed by atoms with van der Waals surface area (Å²) in [4.78, 5) is 27.6. The van der Waals surface area contributed by atoms with E-state index >= 15 is 0 Å². The van der Waals surface area contributed by atoms with Crippen LogP contribution in [0, 0.1) is 0 Å². The molecule has 0 radical (unpaired) electrons. The van der Waals surface area contributed by atoms with Gasteiger partial charge in [-0.25, -0.2) is 0 Å². The van der Waals surface area contributed by atoms with Gasteiger partial charge in [0.15, 0.2) is 0 Å². The summed E-state index contributed by atoms with van der Waals surface area (Å²) in [7, 11) is 1.35. The first-order valence-electron chi connectivity index (χ1n) is 7.23.